The molecule has 0 bridgehead atoms. The first-order chi connectivity index (χ1) is 7.33. The number of rotatable bonds is 4. The van der Waals surface area contributed by atoms with Crippen molar-refractivity contribution in [2.75, 3.05) is 6.61 Å². The Hall–Kier alpha value is -1.84. The largest absolute Gasteiger partial charge is 0.464 e. The van der Waals surface area contributed by atoms with Crippen LogP contribution in [0.5, 0.6) is 0 Å². The van der Waals surface area contributed by atoms with E-state index in [1.165, 1.54) is 18.8 Å². The van der Waals surface area contributed by atoms with E-state index < -0.39 is 0 Å². The molecule has 2 rings (SSSR count). The minimum Gasteiger partial charge on any atom is -0.464 e. The minimum atomic E-state index is -0.327. The Morgan fingerprint density at radius 1 is 1.47 bits per heavy atom. The highest BCUT2D eigenvalue weighted by Gasteiger charge is 2.09. The summed E-state index contributed by atoms with van der Waals surface area (Å²) >= 11 is 0. The van der Waals surface area contributed by atoms with Crippen molar-refractivity contribution < 1.29 is 18.3 Å². The molecule has 0 fully saturated rings. The van der Waals surface area contributed by atoms with Crippen molar-refractivity contribution in [2.45, 2.75) is 6.42 Å². The number of ether oxygens (including phenoxy) is 1. The Morgan fingerprint density at radius 3 is 3.13 bits per heavy atom. The molecule has 0 aliphatic heterocycles. The van der Waals surface area contributed by atoms with E-state index >= 15 is 0 Å². The second kappa shape index (κ2) is 4.13. The molecular formula is C11H8FO3. The summed E-state index contributed by atoms with van der Waals surface area (Å²) in [5.74, 6) is -0.327. The molecule has 2 aromatic rings. The number of hydrogen-bond acceptors (Lipinski definition) is 3. The third-order valence-electron chi connectivity index (χ3n) is 2.16. The highest BCUT2D eigenvalue weighted by Crippen LogP contribution is 2.24. The van der Waals surface area contributed by atoms with Crippen LogP contribution < -0.4 is 0 Å². The second-order valence-corrected chi connectivity index (χ2v) is 3.06. The molecule has 0 N–H and O–H groups in total. The molecule has 0 aliphatic rings. The van der Waals surface area contributed by atoms with Gasteiger partial charge in [0.1, 0.15) is 11.4 Å². The number of fused-ring (bicyclic) bond motifs is 1. The molecule has 0 amide bonds. The van der Waals surface area contributed by atoms with Gasteiger partial charge < -0.3 is 9.15 Å². The maximum atomic E-state index is 13.4. The van der Waals surface area contributed by atoms with Crippen LogP contribution in [-0.4, -0.2) is 13.1 Å². The average Bonchev–Trinajstić information content (AvgIpc) is 2.63. The van der Waals surface area contributed by atoms with E-state index in [1.54, 1.807) is 12.1 Å². The lowest BCUT2D eigenvalue weighted by Gasteiger charge is -1.97. The number of carbonyl (C=O) groups excluding carboxylic acids is 1. The fourth-order valence-electron chi connectivity index (χ4n) is 1.49. The molecule has 1 heterocycles. The highest BCUT2D eigenvalue weighted by molar-refractivity contribution is 5.81. The molecule has 0 aliphatic carbocycles. The lowest BCUT2D eigenvalue weighted by molar-refractivity contribution is 0.281. The van der Waals surface area contributed by atoms with Gasteiger partial charge in [-0.3, -0.25) is 0 Å². The van der Waals surface area contributed by atoms with Crippen molar-refractivity contribution in [3.05, 3.63) is 35.8 Å². The predicted molar refractivity (Wildman–Crippen MR) is 51.5 cm³/mol. The zero-order valence-electron chi connectivity index (χ0n) is 7.83. The Kier molecular flexibility index (Phi) is 2.67. The van der Waals surface area contributed by atoms with Crippen LogP contribution in [0, 0.1) is 5.82 Å². The third-order valence-corrected chi connectivity index (χ3v) is 2.16. The van der Waals surface area contributed by atoms with Crippen molar-refractivity contribution in [3.63, 3.8) is 0 Å². The van der Waals surface area contributed by atoms with E-state index in [-0.39, 0.29) is 12.4 Å². The van der Waals surface area contributed by atoms with Crippen molar-refractivity contribution in [1.82, 2.24) is 0 Å². The topological polar surface area (TPSA) is 39.4 Å². The Morgan fingerprint density at radius 2 is 2.33 bits per heavy atom. The monoisotopic (exact) mass is 207 g/mol. The molecule has 0 spiro atoms. The fraction of sp³-hybridized carbons (Fsp3) is 0.182. The first kappa shape index (κ1) is 9.71. The van der Waals surface area contributed by atoms with Crippen LogP contribution in [0.1, 0.15) is 5.56 Å². The Balaban J connectivity index is 2.31. The van der Waals surface area contributed by atoms with Gasteiger partial charge in [0.05, 0.1) is 18.3 Å². The van der Waals surface area contributed by atoms with Gasteiger partial charge in [-0.25, -0.2) is 9.18 Å². The summed E-state index contributed by atoms with van der Waals surface area (Å²) < 4.78 is 23.0. The molecule has 1 aromatic heterocycles. The van der Waals surface area contributed by atoms with Crippen LogP contribution in [-0.2, 0) is 16.0 Å². The predicted octanol–water partition coefficient (Wildman–Crippen LogP) is 2.20. The summed E-state index contributed by atoms with van der Waals surface area (Å²) in [6, 6.07) is 4.64. The molecule has 0 saturated heterocycles. The highest BCUT2D eigenvalue weighted by atomic mass is 19.1. The van der Waals surface area contributed by atoms with Crippen molar-refractivity contribution in [3.8, 4) is 0 Å². The summed E-state index contributed by atoms with van der Waals surface area (Å²) in [6.07, 6.45) is 1.89. The normalized spacial score (nSPS) is 10.5. The van der Waals surface area contributed by atoms with Crippen molar-refractivity contribution in [2.24, 2.45) is 0 Å². The third kappa shape index (κ3) is 1.83. The van der Waals surface area contributed by atoms with Gasteiger partial charge in [-0.15, -0.1) is 0 Å². The van der Waals surface area contributed by atoms with E-state index in [1.807, 2.05) is 0 Å². The van der Waals surface area contributed by atoms with Gasteiger partial charge in [-0.05, 0) is 12.1 Å². The summed E-state index contributed by atoms with van der Waals surface area (Å²) in [6.45, 7) is 1.49. The lowest BCUT2D eigenvalue weighted by atomic mass is 10.1. The maximum absolute atomic E-state index is 13.4. The summed E-state index contributed by atoms with van der Waals surface area (Å²) in [7, 11) is 0. The zero-order chi connectivity index (χ0) is 10.7. The van der Waals surface area contributed by atoms with E-state index in [4.69, 9.17) is 4.42 Å². The van der Waals surface area contributed by atoms with Crippen LogP contribution in [0.3, 0.4) is 0 Å². The zero-order valence-corrected chi connectivity index (χ0v) is 7.83. The molecule has 0 atom stereocenters. The molecule has 3 nitrogen and oxygen atoms in total. The van der Waals surface area contributed by atoms with Crippen LogP contribution >= 0.6 is 0 Å². The Bertz CT molecular complexity index is 476. The molecule has 15 heavy (non-hydrogen) atoms. The van der Waals surface area contributed by atoms with Crippen LogP contribution in [0.4, 0.5) is 4.39 Å². The number of benzene rings is 1. The first-order valence-electron chi connectivity index (χ1n) is 4.46. The Labute approximate surface area is 85.4 Å². The SMILES string of the molecule is O=[C]OCCc1coc2cccc(F)c12. The first-order valence-corrected chi connectivity index (χ1v) is 4.46. The van der Waals surface area contributed by atoms with E-state index in [9.17, 15) is 9.18 Å². The number of hydrogen-bond donors (Lipinski definition) is 0. The lowest BCUT2D eigenvalue weighted by Crippen LogP contribution is -1.96. The summed E-state index contributed by atoms with van der Waals surface area (Å²) in [5, 5.41) is 0.451. The molecule has 0 unspecified atom stereocenters. The summed E-state index contributed by atoms with van der Waals surface area (Å²) in [5.41, 5.74) is 1.19. The van der Waals surface area contributed by atoms with Crippen LogP contribution in [0.2, 0.25) is 0 Å². The van der Waals surface area contributed by atoms with Gasteiger partial charge in [-0.1, -0.05) is 6.07 Å². The van der Waals surface area contributed by atoms with E-state index in [0.717, 1.165) is 0 Å². The fourth-order valence-corrected chi connectivity index (χ4v) is 1.49. The van der Waals surface area contributed by atoms with Gasteiger partial charge >= 0.3 is 6.47 Å². The number of halogens is 1. The quantitative estimate of drug-likeness (QED) is 0.721. The van der Waals surface area contributed by atoms with Crippen molar-refractivity contribution >= 4 is 17.4 Å². The van der Waals surface area contributed by atoms with Gasteiger partial charge in [0.25, 0.3) is 0 Å². The second-order valence-electron chi connectivity index (χ2n) is 3.06. The van der Waals surface area contributed by atoms with Gasteiger partial charge in [0, 0.05) is 12.0 Å². The van der Waals surface area contributed by atoms with Gasteiger partial charge in [-0.2, -0.15) is 0 Å². The van der Waals surface area contributed by atoms with Crippen LogP contribution in [0.15, 0.2) is 28.9 Å². The van der Waals surface area contributed by atoms with Gasteiger partial charge in [0.15, 0.2) is 0 Å². The molecule has 4 heteroatoms. The molecule has 1 aromatic carbocycles. The van der Waals surface area contributed by atoms with Gasteiger partial charge in [0.2, 0.25) is 0 Å². The molecule has 0 saturated carbocycles. The standard InChI is InChI=1S/C11H8FO3/c12-9-2-1-3-10-11(9)8(6-15-10)4-5-14-7-13/h1-3,6H,4-5H2. The smallest absolute Gasteiger partial charge is 0.417 e. The molecular weight excluding hydrogens is 199 g/mol. The molecule has 1 radical (unpaired) electrons. The maximum Gasteiger partial charge on any atom is 0.417 e. The van der Waals surface area contributed by atoms with E-state index in [0.29, 0.717) is 23.0 Å². The minimum absolute atomic E-state index is 0.173. The summed E-state index contributed by atoms with van der Waals surface area (Å²) in [4.78, 5) is 9.82. The average molecular weight is 207 g/mol. The van der Waals surface area contributed by atoms with Crippen molar-refractivity contribution in [1.29, 1.82) is 0 Å². The van der Waals surface area contributed by atoms with Crippen LogP contribution in [0.25, 0.3) is 11.0 Å². The molecule has 77 valence electrons. The van der Waals surface area contributed by atoms with E-state index in [2.05, 4.69) is 4.74 Å². The number of furan rings is 1.